The van der Waals surface area contributed by atoms with E-state index in [4.69, 9.17) is 26.8 Å². The van der Waals surface area contributed by atoms with Crippen molar-refractivity contribution in [2.75, 3.05) is 12.9 Å². The van der Waals surface area contributed by atoms with Crippen molar-refractivity contribution in [2.24, 2.45) is 5.73 Å². The summed E-state index contributed by atoms with van der Waals surface area (Å²) in [5.41, 5.74) is 6.78. The minimum atomic E-state index is -0.446. The average Bonchev–Trinajstić information content (AvgIpc) is 3.22. The number of rotatable bonds is 8. The Morgan fingerprint density at radius 1 is 1.03 bits per heavy atom. The first-order valence-corrected chi connectivity index (χ1v) is 11.0. The van der Waals surface area contributed by atoms with E-state index >= 15 is 0 Å². The van der Waals surface area contributed by atoms with Crippen LogP contribution in [0.2, 0.25) is 5.02 Å². The zero-order valence-corrected chi connectivity index (χ0v) is 18.6. The highest BCUT2D eigenvalue weighted by Gasteiger charge is 2.20. The lowest BCUT2D eigenvalue weighted by atomic mass is 10.2. The van der Waals surface area contributed by atoms with E-state index in [1.807, 2.05) is 59.2 Å². The molecule has 0 aliphatic rings. The maximum Gasteiger partial charge on any atom is 0.227 e. The van der Waals surface area contributed by atoms with Gasteiger partial charge in [-0.15, -0.1) is 10.2 Å². The second-order valence-corrected chi connectivity index (χ2v) is 8.03. The maximum atomic E-state index is 11.4. The van der Waals surface area contributed by atoms with Gasteiger partial charge < -0.3 is 15.2 Å². The summed E-state index contributed by atoms with van der Waals surface area (Å²) in [4.78, 5) is 11.4. The zero-order chi connectivity index (χ0) is 22.5. The molecule has 4 aromatic rings. The number of nitrogens with two attached hydrogens (primary N) is 1. The molecule has 0 aliphatic heterocycles. The van der Waals surface area contributed by atoms with Crippen LogP contribution in [0.4, 0.5) is 0 Å². The Balaban J connectivity index is 1.75. The van der Waals surface area contributed by atoms with Gasteiger partial charge in [0.2, 0.25) is 5.91 Å². The number of hydrogen-bond acceptors (Lipinski definition) is 6. The second-order valence-electron chi connectivity index (χ2n) is 6.65. The van der Waals surface area contributed by atoms with Crippen LogP contribution in [0.25, 0.3) is 17.1 Å². The highest BCUT2D eigenvalue weighted by Crippen LogP contribution is 2.35. The Morgan fingerprint density at radius 3 is 2.44 bits per heavy atom. The monoisotopic (exact) mass is 466 g/mol. The molecule has 0 spiro atoms. The van der Waals surface area contributed by atoms with Crippen molar-refractivity contribution < 1.29 is 14.3 Å². The van der Waals surface area contributed by atoms with Crippen LogP contribution in [-0.2, 0) is 4.79 Å². The van der Waals surface area contributed by atoms with E-state index in [1.165, 1.54) is 11.8 Å². The lowest BCUT2D eigenvalue weighted by Crippen LogP contribution is -2.13. The van der Waals surface area contributed by atoms with E-state index in [9.17, 15) is 4.79 Å². The molecule has 0 aliphatic carbocycles. The molecule has 4 rings (SSSR count). The SMILES string of the molecule is COc1ccc(Cl)cc1-c1nnc(SCC(N)=O)n1-c1ccc(Oc2ccccc2)cc1. The zero-order valence-electron chi connectivity index (χ0n) is 17.1. The van der Waals surface area contributed by atoms with E-state index in [-0.39, 0.29) is 5.75 Å². The normalized spacial score (nSPS) is 10.7. The number of thioether (sulfide) groups is 1. The van der Waals surface area contributed by atoms with Gasteiger partial charge in [0.15, 0.2) is 11.0 Å². The van der Waals surface area contributed by atoms with Crippen molar-refractivity contribution in [3.63, 3.8) is 0 Å². The largest absolute Gasteiger partial charge is 0.496 e. The molecule has 7 nitrogen and oxygen atoms in total. The number of amides is 1. The number of benzene rings is 3. The number of halogens is 1. The van der Waals surface area contributed by atoms with E-state index in [0.717, 1.165) is 11.4 Å². The molecule has 1 heterocycles. The van der Waals surface area contributed by atoms with Crippen LogP contribution in [0.5, 0.6) is 17.2 Å². The number of carbonyl (C=O) groups excluding carboxylic acids is 1. The summed E-state index contributed by atoms with van der Waals surface area (Å²) in [6, 6.07) is 22.3. The lowest BCUT2D eigenvalue weighted by molar-refractivity contribution is -0.115. The fraction of sp³-hybridized carbons (Fsp3) is 0.0870. The lowest BCUT2D eigenvalue weighted by Gasteiger charge is -2.13. The quantitative estimate of drug-likeness (QED) is 0.369. The Bertz CT molecular complexity index is 1230. The molecule has 0 saturated carbocycles. The molecule has 1 amide bonds. The van der Waals surface area contributed by atoms with Gasteiger partial charge in [-0.25, -0.2) is 0 Å². The summed E-state index contributed by atoms with van der Waals surface area (Å²) in [6.45, 7) is 0. The molecule has 9 heteroatoms. The number of primary amides is 1. The Labute approximate surface area is 194 Å². The highest BCUT2D eigenvalue weighted by molar-refractivity contribution is 7.99. The molecule has 32 heavy (non-hydrogen) atoms. The van der Waals surface area contributed by atoms with Gasteiger partial charge in [-0.1, -0.05) is 41.6 Å². The summed E-state index contributed by atoms with van der Waals surface area (Å²) in [7, 11) is 1.58. The molecule has 1 aromatic heterocycles. The van der Waals surface area contributed by atoms with Gasteiger partial charge in [-0.2, -0.15) is 0 Å². The predicted molar refractivity (Wildman–Crippen MR) is 125 cm³/mol. The van der Waals surface area contributed by atoms with Crippen LogP contribution in [0.1, 0.15) is 0 Å². The van der Waals surface area contributed by atoms with Gasteiger partial charge in [-0.3, -0.25) is 9.36 Å². The van der Waals surface area contributed by atoms with Gasteiger partial charge in [0.1, 0.15) is 17.2 Å². The molecular formula is C23H19ClN4O3S. The van der Waals surface area contributed by atoms with Crippen molar-refractivity contribution in [2.45, 2.75) is 5.16 Å². The first kappa shape index (κ1) is 21.7. The van der Waals surface area contributed by atoms with E-state index < -0.39 is 5.91 Å². The number of ether oxygens (including phenoxy) is 2. The summed E-state index contributed by atoms with van der Waals surface area (Å²) >= 11 is 7.43. The maximum absolute atomic E-state index is 11.4. The Morgan fingerprint density at radius 2 is 1.75 bits per heavy atom. The van der Waals surface area contributed by atoms with Crippen molar-refractivity contribution in [3.05, 3.63) is 77.8 Å². The van der Waals surface area contributed by atoms with Crippen LogP contribution < -0.4 is 15.2 Å². The summed E-state index contributed by atoms with van der Waals surface area (Å²) in [5.74, 6) is 2.16. The van der Waals surface area contributed by atoms with Crippen LogP contribution in [0, 0.1) is 0 Å². The third-order valence-electron chi connectivity index (χ3n) is 4.45. The number of carbonyl (C=O) groups is 1. The second kappa shape index (κ2) is 9.76. The summed E-state index contributed by atoms with van der Waals surface area (Å²) in [6.07, 6.45) is 0. The van der Waals surface area contributed by atoms with E-state index in [1.54, 1.807) is 25.3 Å². The first-order chi connectivity index (χ1) is 15.5. The molecule has 0 bridgehead atoms. The van der Waals surface area contributed by atoms with Crippen molar-refractivity contribution in [1.29, 1.82) is 0 Å². The number of para-hydroxylation sites is 1. The van der Waals surface area contributed by atoms with Gasteiger partial charge in [0, 0.05) is 5.02 Å². The number of hydrogen-bond donors (Lipinski definition) is 1. The van der Waals surface area contributed by atoms with E-state index in [0.29, 0.717) is 33.1 Å². The third kappa shape index (κ3) is 4.87. The third-order valence-corrected chi connectivity index (χ3v) is 5.64. The smallest absolute Gasteiger partial charge is 0.227 e. The highest BCUT2D eigenvalue weighted by atomic mass is 35.5. The minimum absolute atomic E-state index is 0.0695. The fourth-order valence-electron chi connectivity index (χ4n) is 3.05. The first-order valence-electron chi connectivity index (χ1n) is 9.59. The molecule has 0 saturated heterocycles. The molecule has 0 radical (unpaired) electrons. The van der Waals surface area contributed by atoms with Crippen LogP contribution in [0.15, 0.2) is 78.0 Å². The molecule has 3 aromatic carbocycles. The van der Waals surface area contributed by atoms with Crippen molar-refractivity contribution >= 4 is 29.3 Å². The molecule has 0 atom stereocenters. The van der Waals surface area contributed by atoms with Gasteiger partial charge in [-0.05, 0) is 54.6 Å². The number of nitrogens with zero attached hydrogens (tertiary/aromatic N) is 3. The van der Waals surface area contributed by atoms with Crippen LogP contribution in [0.3, 0.4) is 0 Å². The van der Waals surface area contributed by atoms with Crippen molar-refractivity contribution in [1.82, 2.24) is 14.8 Å². The fourth-order valence-corrected chi connectivity index (χ4v) is 3.91. The Hall–Kier alpha value is -3.49. The molecular weight excluding hydrogens is 448 g/mol. The summed E-state index contributed by atoms with van der Waals surface area (Å²) in [5, 5.41) is 9.67. The summed E-state index contributed by atoms with van der Waals surface area (Å²) < 4.78 is 13.2. The number of aromatic nitrogens is 3. The van der Waals surface area contributed by atoms with Gasteiger partial charge in [0.25, 0.3) is 0 Å². The predicted octanol–water partition coefficient (Wildman–Crippen LogP) is 4.97. The molecule has 2 N–H and O–H groups in total. The van der Waals surface area contributed by atoms with Gasteiger partial charge in [0.05, 0.1) is 24.1 Å². The van der Waals surface area contributed by atoms with E-state index in [2.05, 4.69) is 10.2 Å². The Kier molecular flexibility index (Phi) is 6.63. The van der Waals surface area contributed by atoms with Crippen LogP contribution in [-0.4, -0.2) is 33.5 Å². The molecule has 162 valence electrons. The van der Waals surface area contributed by atoms with Gasteiger partial charge >= 0.3 is 0 Å². The van der Waals surface area contributed by atoms with Crippen LogP contribution >= 0.6 is 23.4 Å². The molecule has 0 fully saturated rings. The average molecular weight is 467 g/mol. The topological polar surface area (TPSA) is 92.3 Å². The number of methoxy groups -OCH3 is 1. The standard InChI is InChI=1S/C23H19ClN4O3S/c1-30-20-12-7-15(24)13-19(20)22-26-27-23(32-14-21(25)29)28(22)16-8-10-18(11-9-16)31-17-5-3-2-4-6-17/h2-13H,14H2,1H3,(H2,25,29). The van der Waals surface area contributed by atoms with Crippen molar-refractivity contribution in [3.8, 4) is 34.3 Å². The minimum Gasteiger partial charge on any atom is -0.496 e. The molecule has 0 unspecified atom stereocenters.